The first-order valence-corrected chi connectivity index (χ1v) is 11.8. The van der Waals surface area contributed by atoms with E-state index in [1.807, 2.05) is 36.5 Å². The maximum atomic E-state index is 13.7. The molecule has 3 amide bonds. The lowest BCUT2D eigenvalue weighted by Gasteiger charge is -2.38. The minimum Gasteiger partial charge on any atom is -0.347 e. The van der Waals surface area contributed by atoms with Gasteiger partial charge in [0, 0.05) is 25.3 Å². The molecule has 178 valence electrons. The second-order valence-corrected chi connectivity index (χ2v) is 9.58. The highest BCUT2D eigenvalue weighted by Gasteiger charge is 2.83. The molecule has 4 heterocycles. The molecule has 3 fully saturated rings. The minimum atomic E-state index is -1.96. The number of imide groups is 1. The van der Waals surface area contributed by atoms with Crippen LogP contribution in [0.5, 0.6) is 0 Å². The number of rotatable bonds is 6. The molecule has 3 aliphatic heterocycles. The molecule has 8 nitrogen and oxygen atoms in total. The quantitative estimate of drug-likeness (QED) is 0.408. The Hall–Kier alpha value is -3.78. The summed E-state index contributed by atoms with van der Waals surface area (Å²) in [6, 6.07) is 18.7. The fourth-order valence-electron chi connectivity index (χ4n) is 6.30. The maximum Gasteiger partial charge on any atom is 0.265 e. The van der Waals surface area contributed by atoms with Crippen molar-refractivity contribution in [2.24, 2.45) is 11.8 Å². The predicted molar refractivity (Wildman–Crippen MR) is 127 cm³/mol. The molecule has 2 aromatic carbocycles. The summed E-state index contributed by atoms with van der Waals surface area (Å²) in [5.74, 6) is -4.18. The number of anilines is 1. The van der Waals surface area contributed by atoms with E-state index in [4.69, 9.17) is 4.74 Å². The lowest BCUT2D eigenvalue weighted by molar-refractivity contribution is -0.155. The summed E-state index contributed by atoms with van der Waals surface area (Å²) in [4.78, 5) is 56.2. The van der Waals surface area contributed by atoms with Gasteiger partial charge in [-0.2, -0.15) is 0 Å². The van der Waals surface area contributed by atoms with Crippen molar-refractivity contribution in [3.05, 3.63) is 66.9 Å². The molecule has 3 aliphatic rings. The monoisotopic (exact) mass is 471 g/mol. The molecule has 8 heteroatoms. The average Bonchev–Trinajstić information content (AvgIpc) is 3.54. The van der Waals surface area contributed by atoms with Crippen LogP contribution in [0.4, 0.5) is 5.69 Å². The molecule has 3 saturated heterocycles. The molecule has 0 radical (unpaired) electrons. The Morgan fingerprint density at radius 1 is 0.943 bits per heavy atom. The number of Topliss-reactive ketones (excluding diaryl/α,β-unsaturated/α-hetero) is 1. The van der Waals surface area contributed by atoms with Crippen LogP contribution in [0.3, 0.4) is 0 Å². The number of hydrogen-bond acceptors (Lipinski definition) is 5. The van der Waals surface area contributed by atoms with Gasteiger partial charge in [0.05, 0.1) is 5.69 Å². The van der Waals surface area contributed by atoms with Crippen molar-refractivity contribution in [1.29, 1.82) is 0 Å². The highest BCUT2D eigenvalue weighted by Crippen LogP contribution is 2.61. The Morgan fingerprint density at radius 3 is 2.37 bits per heavy atom. The molecule has 2 bridgehead atoms. The van der Waals surface area contributed by atoms with Crippen LogP contribution in [0.25, 0.3) is 10.9 Å². The van der Waals surface area contributed by atoms with E-state index in [0.717, 1.165) is 15.8 Å². The van der Waals surface area contributed by atoms with Gasteiger partial charge in [0.2, 0.25) is 17.4 Å². The van der Waals surface area contributed by atoms with E-state index < -0.39 is 46.7 Å². The average molecular weight is 472 g/mol. The van der Waals surface area contributed by atoms with Gasteiger partial charge in [-0.05, 0) is 49.4 Å². The number of hydrogen-bond donors (Lipinski definition) is 0. The smallest absolute Gasteiger partial charge is 0.265 e. The third-order valence-electron chi connectivity index (χ3n) is 7.91. The summed E-state index contributed by atoms with van der Waals surface area (Å²) in [5.41, 5.74) is -1.80. The number of carbonyl (C=O) groups is 4. The summed E-state index contributed by atoms with van der Waals surface area (Å²) in [6.07, 6.45) is 2.91. The summed E-state index contributed by atoms with van der Waals surface area (Å²) >= 11 is 0. The minimum absolute atomic E-state index is 0.319. The number of ketones is 1. The highest BCUT2D eigenvalue weighted by atomic mass is 16.6. The fourth-order valence-corrected chi connectivity index (χ4v) is 6.30. The lowest BCUT2D eigenvalue weighted by Crippen LogP contribution is -2.60. The first kappa shape index (κ1) is 21.7. The number of nitrogens with zero attached hydrogens (tertiary/aromatic N) is 3. The van der Waals surface area contributed by atoms with E-state index >= 15 is 0 Å². The number of ether oxygens (including phenoxy) is 1. The largest absolute Gasteiger partial charge is 0.347 e. The van der Waals surface area contributed by atoms with Gasteiger partial charge in [0.15, 0.2) is 11.5 Å². The van der Waals surface area contributed by atoms with Crippen molar-refractivity contribution in [1.82, 2.24) is 9.47 Å². The van der Waals surface area contributed by atoms with Gasteiger partial charge in [-0.3, -0.25) is 19.2 Å². The number of aromatic nitrogens is 1. The van der Waals surface area contributed by atoms with E-state index in [-0.39, 0.29) is 0 Å². The van der Waals surface area contributed by atoms with Gasteiger partial charge in [-0.1, -0.05) is 36.4 Å². The SMILES string of the molecule is CC(=O)[C@]12O[C@](CCCn3ccc4ccccc43)(C3C(=O)N(c4ccccc4)C(=O)C31)N(C)C2=O. The normalized spacial score (nSPS) is 29.5. The molecule has 0 spiro atoms. The molecular formula is C27H25N3O5. The van der Waals surface area contributed by atoms with Gasteiger partial charge < -0.3 is 14.2 Å². The van der Waals surface area contributed by atoms with Crippen molar-refractivity contribution < 1.29 is 23.9 Å². The number of benzene rings is 2. The second-order valence-electron chi connectivity index (χ2n) is 9.58. The molecule has 0 saturated carbocycles. The van der Waals surface area contributed by atoms with Gasteiger partial charge in [0.1, 0.15) is 11.8 Å². The highest BCUT2D eigenvalue weighted by molar-refractivity contribution is 6.28. The van der Waals surface area contributed by atoms with Crippen molar-refractivity contribution >= 4 is 40.1 Å². The van der Waals surface area contributed by atoms with Gasteiger partial charge in [0.25, 0.3) is 5.91 Å². The van der Waals surface area contributed by atoms with Crippen molar-refractivity contribution in [3.8, 4) is 0 Å². The number of likely N-dealkylation sites (tertiary alicyclic amines) is 1. The Kier molecular flexibility index (Phi) is 4.57. The number of likely N-dealkylation sites (N-methyl/N-ethyl adjacent to an activating group) is 1. The van der Waals surface area contributed by atoms with E-state index in [9.17, 15) is 19.2 Å². The molecule has 2 unspecified atom stereocenters. The number of aryl methyl sites for hydroxylation is 1. The number of para-hydroxylation sites is 2. The number of amides is 3. The zero-order valence-electron chi connectivity index (χ0n) is 19.5. The van der Waals surface area contributed by atoms with Crippen molar-refractivity contribution in [3.63, 3.8) is 0 Å². The van der Waals surface area contributed by atoms with Crippen LogP contribution in [0.2, 0.25) is 0 Å². The van der Waals surface area contributed by atoms with Gasteiger partial charge in [-0.25, -0.2) is 4.90 Å². The molecule has 0 aliphatic carbocycles. The van der Waals surface area contributed by atoms with E-state index in [0.29, 0.717) is 25.1 Å². The first-order valence-electron chi connectivity index (χ1n) is 11.8. The Morgan fingerprint density at radius 2 is 1.63 bits per heavy atom. The standard InChI is InChI=1S/C27H25N3O5/c1-17(31)27-22-21(23(32)30(24(22)33)19-10-4-3-5-11-19)26(35-27,28(2)25(27)34)14-8-15-29-16-13-18-9-6-7-12-20(18)29/h3-7,9-13,16,21-22H,8,14-15H2,1-2H3/t21?,22?,26-,27+/m1/s1. The maximum absolute atomic E-state index is 13.7. The second kappa shape index (κ2) is 7.36. The summed E-state index contributed by atoms with van der Waals surface area (Å²) < 4.78 is 8.40. The summed E-state index contributed by atoms with van der Waals surface area (Å²) in [7, 11) is 1.57. The summed E-state index contributed by atoms with van der Waals surface area (Å²) in [5, 5.41) is 1.13. The third-order valence-corrected chi connectivity index (χ3v) is 7.91. The topological polar surface area (TPSA) is 88.9 Å². The first-order chi connectivity index (χ1) is 16.8. The molecule has 4 atom stereocenters. The molecule has 35 heavy (non-hydrogen) atoms. The molecule has 0 N–H and O–H groups in total. The molecule has 1 aromatic heterocycles. The van der Waals surface area contributed by atoms with Crippen LogP contribution in [0, 0.1) is 11.8 Å². The number of carbonyl (C=O) groups excluding carboxylic acids is 4. The van der Waals surface area contributed by atoms with E-state index in [2.05, 4.69) is 4.57 Å². The Bertz CT molecular complexity index is 1400. The van der Waals surface area contributed by atoms with Gasteiger partial charge in [-0.15, -0.1) is 0 Å². The Balaban J connectivity index is 1.37. The van der Waals surface area contributed by atoms with Crippen molar-refractivity contribution in [2.75, 3.05) is 11.9 Å². The summed E-state index contributed by atoms with van der Waals surface area (Å²) in [6.45, 7) is 1.90. The Labute approximate surface area is 202 Å². The van der Waals surface area contributed by atoms with Crippen LogP contribution in [0.15, 0.2) is 66.9 Å². The van der Waals surface area contributed by atoms with Crippen LogP contribution < -0.4 is 4.90 Å². The zero-order valence-corrected chi connectivity index (χ0v) is 19.5. The molecule has 3 aromatic rings. The van der Waals surface area contributed by atoms with Crippen molar-refractivity contribution in [2.45, 2.75) is 37.6 Å². The van der Waals surface area contributed by atoms with E-state index in [1.165, 1.54) is 11.8 Å². The van der Waals surface area contributed by atoms with Crippen LogP contribution >= 0.6 is 0 Å². The number of fused-ring (bicyclic) bond motifs is 6. The predicted octanol–water partition coefficient (Wildman–Crippen LogP) is 2.75. The number of piperidine rings is 1. The third kappa shape index (κ3) is 2.65. The van der Waals surface area contributed by atoms with Crippen LogP contribution in [-0.2, 0) is 30.5 Å². The van der Waals surface area contributed by atoms with E-state index in [1.54, 1.807) is 37.4 Å². The van der Waals surface area contributed by atoms with Crippen LogP contribution in [0.1, 0.15) is 19.8 Å². The van der Waals surface area contributed by atoms with Gasteiger partial charge >= 0.3 is 0 Å². The fraction of sp³-hybridized carbons (Fsp3) is 0.333. The molecular weight excluding hydrogens is 446 g/mol. The zero-order chi connectivity index (χ0) is 24.5. The molecule has 6 rings (SSSR count). The van der Waals surface area contributed by atoms with Crippen LogP contribution in [-0.4, -0.2) is 51.3 Å². The lowest BCUT2D eigenvalue weighted by atomic mass is 9.72.